The van der Waals surface area contributed by atoms with Crippen LogP contribution in [0.5, 0.6) is 11.5 Å². The smallest absolute Gasteiger partial charge is 0.266 e. The molecule has 0 bridgehead atoms. The van der Waals surface area contributed by atoms with Gasteiger partial charge in [-0.1, -0.05) is 6.07 Å². The molecule has 1 aliphatic heterocycles. The Morgan fingerprint density at radius 1 is 1.32 bits per heavy atom. The van der Waals surface area contributed by atoms with Gasteiger partial charge in [0.05, 0.1) is 0 Å². The lowest BCUT2D eigenvalue weighted by molar-refractivity contribution is 0.174. The van der Waals surface area contributed by atoms with E-state index >= 15 is 0 Å². The van der Waals surface area contributed by atoms with Gasteiger partial charge < -0.3 is 14.5 Å². The Kier molecular flexibility index (Phi) is 2.50. The fraction of sp³-hybridized carbons (Fsp3) is 0.143. The number of hydrogen-bond donors (Lipinski definition) is 1. The largest absolute Gasteiger partial charge is 0.454 e. The van der Waals surface area contributed by atoms with Crippen LogP contribution in [0.15, 0.2) is 29.2 Å². The Balaban J connectivity index is 2.26. The lowest BCUT2D eigenvalue weighted by Crippen LogP contribution is -2.12. The molecule has 0 spiro atoms. The second-order valence-electron chi connectivity index (χ2n) is 4.23. The zero-order valence-electron chi connectivity index (χ0n) is 10.2. The molecule has 1 aromatic carbocycles. The minimum atomic E-state index is -0.388. The van der Waals surface area contributed by atoms with E-state index in [1.54, 1.807) is 18.3 Å². The van der Waals surface area contributed by atoms with Gasteiger partial charge in [-0.15, -0.1) is 0 Å². The van der Waals surface area contributed by atoms with Crippen molar-refractivity contribution in [1.29, 1.82) is 5.26 Å². The summed E-state index contributed by atoms with van der Waals surface area (Å²) in [6, 6.07) is 7.33. The molecule has 19 heavy (non-hydrogen) atoms. The lowest BCUT2D eigenvalue weighted by atomic mass is 9.97. The number of benzene rings is 1. The average Bonchev–Trinajstić information content (AvgIpc) is 2.88. The van der Waals surface area contributed by atoms with Crippen molar-refractivity contribution in [2.45, 2.75) is 6.92 Å². The third kappa shape index (κ3) is 1.74. The fourth-order valence-electron chi connectivity index (χ4n) is 2.16. The molecule has 3 rings (SSSR count). The summed E-state index contributed by atoms with van der Waals surface area (Å²) >= 11 is 0. The zero-order chi connectivity index (χ0) is 13.4. The Bertz CT molecular complexity index is 756. The van der Waals surface area contributed by atoms with Crippen LogP contribution in [0.25, 0.3) is 11.1 Å². The van der Waals surface area contributed by atoms with E-state index in [2.05, 4.69) is 4.98 Å². The van der Waals surface area contributed by atoms with Gasteiger partial charge in [-0.25, -0.2) is 0 Å². The van der Waals surface area contributed by atoms with Crippen molar-refractivity contribution in [3.63, 3.8) is 0 Å². The minimum absolute atomic E-state index is 0.110. The first-order chi connectivity index (χ1) is 9.20. The highest BCUT2D eigenvalue weighted by Gasteiger charge is 2.17. The Hall–Kier alpha value is -2.74. The van der Waals surface area contributed by atoms with Crippen LogP contribution in [-0.2, 0) is 0 Å². The highest BCUT2D eigenvalue weighted by Crippen LogP contribution is 2.37. The molecule has 5 heteroatoms. The van der Waals surface area contributed by atoms with E-state index in [0.717, 1.165) is 11.1 Å². The fourth-order valence-corrected chi connectivity index (χ4v) is 2.16. The maximum Gasteiger partial charge on any atom is 0.266 e. The second kappa shape index (κ2) is 4.18. The van der Waals surface area contributed by atoms with Crippen molar-refractivity contribution < 1.29 is 9.47 Å². The van der Waals surface area contributed by atoms with Crippen LogP contribution in [0.2, 0.25) is 0 Å². The number of hydrogen-bond acceptors (Lipinski definition) is 4. The van der Waals surface area contributed by atoms with Gasteiger partial charge in [0.15, 0.2) is 11.5 Å². The molecule has 0 saturated heterocycles. The third-order valence-corrected chi connectivity index (χ3v) is 3.06. The number of aryl methyl sites for hydroxylation is 1. The summed E-state index contributed by atoms with van der Waals surface area (Å²) in [7, 11) is 0. The highest BCUT2D eigenvalue weighted by atomic mass is 16.7. The predicted octanol–water partition coefficient (Wildman–Crippen LogP) is 1.95. The lowest BCUT2D eigenvalue weighted by Gasteiger charge is -2.08. The standard InChI is InChI=1S/C14H10N2O3/c1-8-6-16-14(17)10(5-15)13(8)9-2-3-11-12(4-9)19-7-18-11/h2-4,6H,7H2,1H3,(H,16,17). The molecule has 0 fully saturated rings. The first-order valence-corrected chi connectivity index (χ1v) is 5.73. The van der Waals surface area contributed by atoms with E-state index in [4.69, 9.17) is 14.7 Å². The van der Waals surface area contributed by atoms with Crippen molar-refractivity contribution in [3.8, 4) is 28.7 Å². The number of H-pyrrole nitrogens is 1. The van der Waals surface area contributed by atoms with E-state index in [-0.39, 0.29) is 17.9 Å². The molecular weight excluding hydrogens is 244 g/mol. The monoisotopic (exact) mass is 254 g/mol. The van der Waals surface area contributed by atoms with Gasteiger partial charge in [-0.3, -0.25) is 4.79 Å². The SMILES string of the molecule is Cc1c[nH]c(=O)c(C#N)c1-c1ccc2c(c1)OCO2. The summed E-state index contributed by atoms with van der Waals surface area (Å²) in [5.74, 6) is 1.30. The van der Waals surface area contributed by atoms with Gasteiger partial charge in [0.1, 0.15) is 11.6 Å². The molecule has 0 aliphatic carbocycles. The number of nitriles is 1. The van der Waals surface area contributed by atoms with Crippen LogP contribution < -0.4 is 15.0 Å². The van der Waals surface area contributed by atoms with Crippen molar-refractivity contribution in [3.05, 3.63) is 45.9 Å². The molecule has 0 saturated carbocycles. The van der Waals surface area contributed by atoms with Gasteiger partial charge in [0.2, 0.25) is 6.79 Å². The van der Waals surface area contributed by atoms with Crippen LogP contribution >= 0.6 is 0 Å². The molecule has 0 atom stereocenters. The molecule has 1 aromatic heterocycles. The molecule has 5 nitrogen and oxygen atoms in total. The normalized spacial score (nSPS) is 12.2. The molecule has 0 radical (unpaired) electrons. The van der Waals surface area contributed by atoms with Crippen LogP contribution in [0.1, 0.15) is 11.1 Å². The molecular formula is C14H10N2O3. The second-order valence-corrected chi connectivity index (χ2v) is 4.23. The summed E-state index contributed by atoms with van der Waals surface area (Å²) in [5, 5.41) is 9.15. The first-order valence-electron chi connectivity index (χ1n) is 5.73. The Morgan fingerprint density at radius 2 is 2.11 bits per heavy atom. The molecule has 0 amide bonds. The minimum Gasteiger partial charge on any atom is -0.454 e. The van der Waals surface area contributed by atoms with Gasteiger partial charge in [0, 0.05) is 11.8 Å². The predicted molar refractivity (Wildman–Crippen MR) is 68.1 cm³/mol. The van der Waals surface area contributed by atoms with Gasteiger partial charge in [0.25, 0.3) is 5.56 Å². The topological polar surface area (TPSA) is 75.1 Å². The van der Waals surface area contributed by atoms with Gasteiger partial charge >= 0.3 is 0 Å². The van der Waals surface area contributed by atoms with Crippen molar-refractivity contribution in [1.82, 2.24) is 4.98 Å². The molecule has 94 valence electrons. The van der Waals surface area contributed by atoms with Crippen LogP contribution in [0.3, 0.4) is 0 Å². The molecule has 2 aromatic rings. The average molecular weight is 254 g/mol. The summed E-state index contributed by atoms with van der Waals surface area (Å²) in [5.41, 5.74) is 1.95. The van der Waals surface area contributed by atoms with Crippen molar-refractivity contribution in [2.75, 3.05) is 6.79 Å². The molecule has 1 aliphatic rings. The molecule has 2 heterocycles. The van der Waals surface area contributed by atoms with E-state index in [1.807, 2.05) is 19.1 Å². The van der Waals surface area contributed by atoms with E-state index in [1.165, 1.54) is 0 Å². The number of ether oxygens (including phenoxy) is 2. The molecule has 0 unspecified atom stereocenters. The summed E-state index contributed by atoms with van der Waals surface area (Å²) < 4.78 is 10.6. The maximum atomic E-state index is 11.7. The number of aromatic amines is 1. The quantitative estimate of drug-likeness (QED) is 0.844. The van der Waals surface area contributed by atoms with Gasteiger partial charge in [-0.05, 0) is 30.2 Å². The first kappa shape index (κ1) is 11.4. The summed E-state index contributed by atoms with van der Waals surface area (Å²) in [6.07, 6.45) is 1.60. The maximum absolute atomic E-state index is 11.7. The van der Waals surface area contributed by atoms with E-state index < -0.39 is 0 Å². The Morgan fingerprint density at radius 3 is 2.89 bits per heavy atom. The number of rotatable bonds is 1. The number of fused-ring (bicyclic) bond motifs is 1. The number of aromatic nitrogens is 1. The van der Waals surface area contributed by atoms with Crippen molar-refractivity contribution >= 4 is 0 Å². The molecule has 1 N–H and O–H groups in total. The summed E-state index contributed by atoms with van der Waals surface area (Å²) in [6.45, 7) is 2.04. The van der Waals surface area contributed by atoms with Crippen LogP contribution in [0.4, 0.5) is 0 Å². The van der Waals surface area contributed by atoms with Gasteiger partial charge in [-0.2, -0.15) is 5.26 Å². The van der Waals surface area contributed by atoms with Crippen molar-refractivity contribution in [2.24, 2.45) is 0 Å². The number of pyridine rings is 1. The van der Waals surface area contributed by atoms with E-state index in [0.29, 0.717) is 17.1 Å². The number of nitrogens with one attached hydrogen (secondary N) is 1. The third-order valence-electron chi connectivity index (χ3n) is 3.06. The zero-order valence-corrected chi connectivity index (χ0v) is 10.2. The highest BCUT2D eigenvalue weighted by molar-refractivity contribution is 5.75. The Labute approximate surface area is 109 Å². The van der Waals surface area contributed by atoms with Crippen LogP contribution in [-0.4, -0.2) is 11.8 Å². The number of nitrogens with zero attached hydrogens (tertiary/aromatic N) is 1. The van der Waals surface area contributed by atoms with E-state index in [9.17, 15) is 4.79 Å². The summed E-state index contributed by atoms with van der Waals surface area (Å²) in [4.78, 5) is 14.2. The van der Waals surface area contributed by atoms with Crippen LogP contribution in [0, 0.1) is 18.3 Å².